The fraction of sp³-hybridized carbons (Fsp3) is 0.652. The monoisotopic (exact) mass is 424 g/mol. The summed E-state index contributed by atoms with van der Waals surface area (Å²) in [4.78, 5) is 26.5. The number of hydrogen-bond donors (Lipinski definition) is 3. The van der Waals surface area contributed by atoms with Gasteiger partial charge in [-0.25, -0.2) is 0 Å². The second-order valence-corrected chi connectivity index (χ2v) is 7.46. The number of rotatable bonds is 11. The average Bonchev–Trinajstić information content (AvgIpc) is 2.77. The topological polar surface area (TPSA) is 101 Å². The second-order valence-electron chi connectivity index (χ2n) is 7.46. The molecule has 1 rings (SSSR count). The molecule has 0 spiro atoms. The Kier molecular flexibility index (Phi) is 14.8. The van der Waals surface area contributed by atoms with E-state index >= 15 is 0 Å². The van der Waals surface area contributed by atoms with Gasteiger partial charge in [-0.2, -0.15) is 0 Å². The quantitative estimate of drug-likeness (QED) is 0.505. The summed E-state index contributed by atoms with van der Waals surface area (Å²) in [5, 5.41) is 26.2. The molecular formula is C23H40N2O5. The van der Waals surface area contributed by atoms with E-state index in [4.69, 9.17) is 15.3 Å². The van der Waals surface area contributed by atoms with Gasteiger partial charge in [0.25, 0.3) is 5.91 Å². The Labute approximate surface area is 181 Å². The van der Waals surface area contributed by atoms with Gasteiger partial charge >= 0.3 is 0 Å². The van der Waals surface area contributed by atoms with Crippen LogP contribution in [0.4, 0.5) is 0 Å². The SMILES string of the molecule is CCC(C)C(=O)N(CCO)CCO.CCC(C)c1ccc(C(=O)N(C)CCO)cc1. The standard InChI is InChI=1S/C14H21NO2.C9H19NO3/c1-4-11(2)12-5-7-13(8-6-12)14(17)15(3)9-10-16;1-3-8(2)9(13)10(4-6-11)5-7-12/h5-8,11,16H,4,9-10H2,1-3H3;8,11-12H,3-7H2,1-2H3. The second kappa shape index (κ2) is 15.8. The van der Waals surface area contributed by atoms with Crippen LogP contribution in [0.3, 0.4) is 0 Å². The lowest BCUT2D eigenvalue weighted by molar-refractivity contribution is -0.136. The molecule has 1 aromatic rings. The average molecular weight is 425 g/mol. The van der Waals surface area contributed by atoms with Crippen molar-refractivity contribution in [2.45, 2.75) is 46.5 Å². The van der Waals surface area contributed by atoms with E-state index in [-0.39, 0.29) is 37.6 Å². The van der Waals surface area contributed by atoms with Gasteiger partial charge < -0.3 is 25.1 Å². The van der Waals surface area contributed by atoms with Crippen molar-refractivity contribution in [3.05, 3.63) is 35.4 Å². The van der Waals surface area contributed by atoms with E-state index in [1.54, 1.807) is 7.05 Å². The third-order valence-electron chi connectivity index (χ3n) is 5.21. The summed E-state index contributed by atoms with van der Waals surface area (Å²) in [6.07, 6.45) is 1.88. The number of aliphatic hydroxyl groups is 3. The van der Waals surface area contributed by atoms with E-state index in [1.807, 2.05) is 38.1 Å². The number of carbonyl (C=O) groups excluding carboxylic acids is 2. The third kappa shape index (κ3) is 9.69. The Bertz CT molecular complexity index is 600. The number of likely N-dealkylation sites (N-methyl/N-ethyl adjacent to an activating group) is 1. The molecule has 7 heteroatoms. The van der Waals surface area contributed by atoms with Crippen molar-refractivity contribution in [2.24, 2.45) is 5.92 Å². The summed E-state index contributed by atoms with van der Waals surface area (Å²) < 4.78 is 0. The van der Waals surface area contributed by atoms with Crippen molar-refractivity contribution in [3.8, 4) is 0 Å². The molecule has 30 heavy (non-hydrogen) atoms. The first-order valence-corrected chi connectivity index (χ1v) is 10.7. The van der Waals surface area contributed by atoms with Gasteiger partial charge in [0, 0.05) is 38.2 Å². The fourth-order valence-corrected chi connectivity index (χ4v) is 2.72. The molecule has 2 atom stereocenters. The zero-order chi connectivity index (χ0) is 23.1. The highest BCUT2D eigenvalue weighted by Gasteiger charge is 2.17. The predicted molar refractivity (Wildman–Crippen MR) is 119 cm³/mol. The van der Waals surface area contributed by atoms with Gasteiger partial charge in [0.05, 0.1) is 19.8 Å². The van der Waals surface area contributed by atoms with Gasteiger partial charge in [-0.15, -0.1) is 0 Å². The lowest BCUT2D eigenvalue weighted by atomic mass is 9.97. The summed E-state index contributed by atoms with van der Waals surface area (Å²) in [7, 11) is 1.70. The molecule has 0 saturated carbocycles. The predicted octanol–water partition coefficient (Wildman–Crippen LogP) is 2.11. The van der Waals surface area contributed by atoms with Crippen LogP contribution in [-0.4, -0.2) is 83.4 Å². The molecule has 2 amide bonds. The lowest BCUT2D eigenvalue weighted by Crippen LogP contribution is -2.39. The Morgan fingerprint density at radius 3 is 1.77 bits per heavy atom. The van der Waals surface area contributed by atoms with Crippen molar-refractivity contribution in [2.75, 3.05) is 46.5 Å². The van der Waals surface area contributed by atoms with E-state index in [0.717, 1.165) is 12.8 Å². The molecule has 0 heterocycles. The van der Waals surface area contributed by atoms with E-state index in [0.29, 0.717) is 31.1 Å². The van der Waals surface area contributed by atoms with E-state index < -0.39 is 0 Å². The summed E-state index contributed by atoms with van der Waals surface area (Å²) in [6.45, 7) is 8.99. The summed E-state index contributed by atoms with van der Waals surface area (Å²) in [5.74, 6) is 0.452. The number of carbonyl (C=O) groups is 2. The van der Waals surface area contributed by atoms with Crippen molar-refractivity contribution in [1.82, 2.24) is 9.80 Å². The van der Waals surface area contributed by atoms with Crippen LogP contribution in [0.2, 0.25) is 0 Å². The van der Waals surface area contributed by atoms with Gasteiger partial charge in [0.1, 0.15) is 0 Å². The van der Waals surface area contributed by atoms with E-state index in [1.165, 1.54) is 15.4 Å². The summed E-state index contributed by atoms with van der Waals surface area (Å²) in [6, 6.07) is 7.73. The van der Waals surface area contributed by atoms with Crippen LogP contribution in [0.25, 0.3) is 0 Å². The Balaban J connectivity index is 0.000000584. The lowest BCUT2D eigenvalue weighted by Gasteiger charge is -2.23. The van der Waals surface area contributed by atoms with Gasteiger partial charge in [0.2, 0.25) is 5.91 Å². The minimum atomic E-state index is -0.0534. The molecule has 3 N–H and O–H groups in total. The molecule has 0 saturated heterocycles. The number of nitrogens with zero attached hydrogens (tertiary/aromatic N) is 2. The van der Waals surface area contributed by atoms with Crippen molar-refractivity contribution in [1.29, 1.82) is 0 Å². The van der Waals surface area contributed by atoms with Crippen LogP contribution < -0.4 is 0 Å². The maximum Gasteiger partial charge on any atom is 0.253 e. The Morgan fingerprint density at radius 2 is 1.37 bits per heavy atom. The molecule has 0 radical (unpaired) electrons. The van der Waals surface area contributed by atoms with Crippen LogP contribution in [0, 0.1) is 5.92 Å². The number of aliphatic hydroxyl groups excluding tert-OH is 3. The Morgan fingerprint density at radius 1 is 0.867 bits per heavy atom. The van der Waals surface area contributed by atoms with Crippen LogP contribution in [0.15, 0.2) is 24.3 Å². The minimum Gasteiger partial charge on any atom is -0.395 e. The van der Waals surface area contributed by atoms with E-state index in [9.17, 15) is 9.59 Å². The summed E-state index contributed by atoms with van der Waals surface area (Å²) >= 11 is 0. The molecule has 0 bridgehead atoms. The molecule has 2 unspecified atom stereocenters. The first kappa shape index (κ1) is 28.0. The smallest absolute Gasteiger partial charge is 0.253 e. The first-order chi connectivity index (χ1) is 14.3. The van der Waals surface area contributed by atoms with Crippen molar-refractivity contribution in [3.63, 3.8) is 0 Å². The van der Waals surface area contributed by atoms with Crippen LogP contribution in [0.1, 0.15) is 62.4 Å². The number of benzene rings is 1. The van der Waals surface area contributed by atoms with Crippen LogP contribution >= 0.6 is 0 Å². The van der Waals surface area contributed by atoms with Gasteiger partial charge in [0.15, 0.2) is 0 Å². The normalized spacial score (nSPS) is 12.4. The summed E-state index contributed by atoms with van der Waals surface area (Å²) in [5.41, 5.74) is 1.93. The zero-order valence-electron chi connectivity index (χ0n) is 19.2. The molecule has 172 valence electrons. The number of hydrogen-bond acceptors (Lipinski definition) is 5. The van der Waals surface area contributed by atoms with Gasteiger partial charge in [-0.3, -0.25) is 9.59 Å². The molecular weight excluding hydrogens is 384 g/mol. The molecule has 0 fully saturated rings. The maximum absolute atomic E-state index is 11.9. The largest absolute Gasteiger partial charge is 0.395 e. The fourth-order valence-electron chi connectivity index (χ4n) is 2.72. The van der Waals surface area contributed by atoms with Gasteiger partial charge in [-0.05, 0) is 36.5 Å². The third-order valence-corrected chi connectivity index (χ3v) is 5.21. The highest BCUT2D eigenvalue weighted by molar-refractivity contribution is 5.94. The molecule has 0 aliphatic rings. The Hall–Kier alpha value is -1.96. The van der Waals surface area contributed by atoms with Gasteiger partial charge in [-0.1, -0.05) is 39.8 Å². The van der Waals surface area contributed by atoms with Crippen LogP contribution in [0.5, 0.6) is 0 Å². The molecule has 0 aliphatic heterocycles. The van der Waals surface area contributed by atoms with E-state index in [2.05, 4.69) is 13.8 Å². The molecule has 0 aromatic heterocycles. The van der Waals surface area contributed by atoms with Crippen molar-refractivity contribution >= 4 is 11.8 Å². The molecule has 0 aliphatic carbocycles. The number of amides is 2. The van der Waals surface area contributed by atoms with Crippen LogP contribution in [-0.2, 0) is 4.79 Å². The van der Waals surface area contributed by atoms with Crippen molar-refractivity contribution < 1.29 is 24.9 Å². The minimum absolute atomic E-state index is 0.00519. The first-order valence-electron chi connectivity index (χ1n) is 10.7. The zero-order valence-corrected chi connectivity index (χ0v) is 19.2. The molecule has 1 aromatic carbocycles. The highest BCUT2D eigenvalue weighted by Crippen LogP contribution is 2.19. The maximum atomic E-state index is 11.9. The highest BCUT2D eigenvalue weighted by atomic mass is 16.3. The molecule has 7 nitrogen and oxygen atoms in total.